The van der Waals surface area contributed by atoms with Gasteiger partial charge in [0.2, 0.25) is 0 Å². The molecule has 2 atom stereocenters. The zero-order chi connectivity index (χ0) is 11.8. The van der Waals surface area contributed by atoms with Crippen LogP contribution in [-0.4, -0.2) is 11.1 Å². The lowest BCUT2D eigenvalue weighted by atomic mass is 10.1. The number of halogens is 3. The molecule has 0 aromatic carbocycles. The highest BCUT2D eigenvalue weighted by Crippen LogP contribution is 2.59. The van der Waals surface area contributed by atoms with Gasteiger partial charge in [-0.2, -0.15) is 0 Å². The van der Waals surface area contributed by atoms with Crippen molar-refractivity contribution < 1.29 is 9.90 Å². The Hall–Kier alpha value is 0.01000. The molecule has 84 valence electrons. The van der Waals surface area contributed by atoms with Crippen LogP contribution >= 0.6 is 39.1 Å². The van der Waals surface area contributed by atoms with E-state index >= 15 is 0 Å². The molecular weight excluding hydrogens is 303 g/mol. The molecule has 1 saturated carbocycles. The fourth-order valence-corrected chi connectivity index (χ4v) is 2.80. The Labute approximate surface area is 107 Å². The quantitative estimate of drug-likeness (QED) is 0.801. The minimum atomic E-state index is -0.762. The van der Waals surface area contributed by atoms with Crippen molar-refractivity contribution in [1.29, 1.82) is 0 Å². The fourth-order valence-electron chi connectivity index (χ4n) is 1.78. The zero-order valence-corrected chi connectivity index (χ0v) is 11.4. The van der Waals surface area contributed by atoms with Gasteiger partial charge in [0.25, 0.3) is 0 Å². The average Bonchev–Trinajstić information content (AvgIpc) is 2.50. The van der Waals surface area contributed by atoms with E-state index in [1.54, 1.807) is 0 Å². The molecule has 1 rings (SSSR count). The number of carboxylic acids is 1. The van der Waals surface area contributed by atoms with E-state index in [1.165, 1.54) is 6.08 Å². The molecule has 0 aromatic rings. The van der Waals surface area contributed by atoms with Crippen LogP contribution in [0.2, 0.25) is 0 Å². The maximum Gasteiger partial charge on any atom is 0.307 e. The molecule has 0 amide bonds. The van der Waals surface area contributed by atoms with Crippen LogP contribution in [0.3, 0.4) is 0 Å². The molecule has 0 aliphatic heterocycles. The van der Waals surface area contributed by atoms with Gasteiger partial charge in [-0.3, -0.25) is 4.79 Å². The second-order valence-electron chi connectivity index (χ2n) is 4.15. The van der Waals surface area contributed by atoms with Crippen molar-refractivity contribution in [2.24, 2.45) is 17.3 Å². The van der Waals surface area contributed by atoms with Gasteiger partial charge in [0.05, 0.1) is 5.92 Å². The monoisotopic (exact) mass is 312 g/mol. The zero-order valence-electron chi connectivity index (χ0n) is 8.30. The molecule has 1 aliphatic carbocycles. The van der Waals surface area contributed by atoms with E-state index in [0.717, 1.165) is 0 Å². The van der Waals surface area contributed by atoms with Crippen molar-refractivity contribution in [2.45, 2.75) is 13.8 Å². The van der Waals surface area contributed by atoms with Crippen molar-refractivity contribution in [1.82, 2.24) is 0 Å². The summed E-state index contributed by atoms with van der Waals surface area (Å²) in [5.74, 6) is -1.07. The third-order valence-corrected chi connectivity index (χ3v) is 3.47. The third-order valence-electron chi connectivity index (χ3n) is 2.76. The predicted octanol–water partition coefficient (Wildman–Crippen LogP) is 3.94. The maximum atomic E-state index is 10.9. The summed E-state index contributed by atoms with van der Waals surface area (Å²) in [5, 5.41) is 8.94. The van der Waals surface area contributed by atoms with E-state index in [-0.39, 0.29) is 21.7 Å². The first-order chi connectivity index (χ1) is 6.76. The molecule has 0 aromatic heterocycles. The highest BCUT2D eigenvalue weighted by Gasteiger charge is 2.60. The molecule has 15 heavy (non-hydrogen) atoms. The van der Waals surface area contributed by atoms with Crippen molar-refractivity contribution in [3.8, 4) is 0 Å². The van der Waals surface area contributed by atoms with Crippen molar-refractivity contribution >= 4 is 45.1 Å². The van der Waals surface area contributed by atoms with Crippen LogP contribution in [0.1, 0.15) is 13.8 Å². The van der Waals surface area contributed by atoms with Gasteiger partial charge in [-0.15, -0.1) is 0 Å². The largest absolute Gasteiger partial charge is 0.481 e. The lowest BCUT2D eigenvalue weighted by molar-refractivity contribution is -0.139. The first kappa shape index (κ1) is 13.1. The molecule has 0 heterocycles. The van der Waals surface area contributed by atoms with Gasteiger partial charge in [-0.05, 0) is 17.4 Å². The predicted molar refractivity (Wildman–Crippen MR) is 65.2 cm³/mol. The normalized spacial score (nSPS) is 28.5. The Morgan fingerprint density at radius 1 is 1.47 bits per heavy atom. The fraction of sp³-hybridized carbons (Fsp3) is 0.500. The highest BCUT2D eigenvalue weighted by atomic mass is 79.9. The van der Waals surface area contributed by atoms with E-state index in [4.69, 9.17) is 28.3 Å². The number of hydrogen-bond acceptors (Lipinski definition) is 1. The first-order valence-electron chi connectivity index (χ1n) is 4.39. The standard InChI is InChI=1S/C10H11BrCl2O2/c1-10(2)6(8(10)9(14)15)3-5(11)4-7(12)13/h3-4,6,8H,1-2H3,(H,14,15)/t6-,8+/m0/s1. The van der Waals surface area contributed by atoms with Crippen LogP contribution in [-0.2, 0) is 4.79 Å². The van der Waals surface area contributed by atoms with Crippen LogP contribution in [0, 0.1) is 17.3 Å². The van der Waals surface area contributed by atoms with Crippen molar-refractivity contribution in [2.75, 3.05) is 0 Å². The summed E-state index contributed by atoms with van der Waals surface area (Å²) in [6.07, 6.45) is 3.37. The Balaban J connectivity index is 2.78. The van der Waals surface area contributed by atoms with Gasteiger partial charge in [-0.25, -0.2) is 0 Å². The van der Waals surface area contributed by atoms with Gasteiger partial charge in [0, 0.05) is 4.48 Å². The Kier molecular flexibility index (Phi) is 3.90. The van der Waals surface area contributed by atoms with Crippen LogP contribution in [0.25, 0.3) is 0 Å². The summed E-state index contributed by atoms with van der Waals surface area (Å²) in [6.45, 7) is 3.86. The van der Waals surface area contributed by atoms with Gasteiger partial charge >= 0.3 is 5.97 Å². The Morgan fingerprint density at radius 3 is 2.33 bits per heavy atom. The second kappa shape index (κ2) is 4.48. The minimum absolute atomic E-state index is 0.0216. The molecule has 0 spiro atoms. The van der Waals surface area contributed by atoms with Crippen molar-refractivity contribution in [3.05, 3.63) is 21.1 Å². The van der Waals surface area contributed by atoms with Crippen LogP contribution in [0.5, 0.6) is 0 Å². The van der Waals surface area contributed by atoms with Gasteiger partial charge in [0.1, 0.15) is 4.49 Å². The first-order valence-corrected chi connectivity index (χ1v) is 5.94. The van der Waals surface area contributed by atoms with E-state index in [2.05, 4.69) is 15.9 Å². The molecule has 0 unspecified atom stereocenters. The van der Waals surface area contributed by atoms with Crippen molar-refractivity contribution in [3.63, 3.8) is 0 Å². The van der Waals surface area contributed by atoms with Crippen LogP contribution < -0.4 is 0 Å². The second-order valence-corrected chi connectivity index (χ2v) is 6.07. The summed E-state index contributed by atoms with van der Waals surface area (Å²) in [6, 6.07) is 0. The van der Waals surface area contributed by atoms with Crippen LogP contribution in [0.4, 0.5) is 0 Å². The molecular formula is C10H11BrCl2O2. The van der Waals surface area contributed by atoms with E-state index in [9.17, 15) is 4.79 Å². The van der Waals surface area contributed by atoms with Gasteiger partial charge < -0.3 is 5.11 Å². The molecule has 1 aliphatic rings. The molecule has 0 bridgehead atoms. The number of carboxylic acid groups (broad SMARTS) is 1. The number of allylic oxidation sites excluding steroid dienone is 3. The number of hydrogen-bond donors (Lipinski definition) is 1. The summed E-state index contributed by atoms with van der Waals surface area (Å²) in [5.41, 5.74) is -0.197. The molecule has 1 N–H and O–H groups in total. The molecule has 2 nitrogen and oxygen atoms in total. The number of carbonyl (C=O) groups is 1. The summed E-state index contributed by atoms with van der Waals surface area (Å²) < 4.78 is 0.854. The van der Waals surface area contributed by atoms with Gasteiger partial charge in [0.15, 0.2) is 0 Å². The lowest BCUT2D eigenvalue weighted by Gasteiger charge is -1.97. The SMILES string of the molecule is CC1(C)[C@@H](C=C(Br)C=C(Cl)Cl)[C@@H]1C(=O)O. The topological polar surface area (TPSA) is 37.3 Å². The molecule has 0 saturated heterocycles. The minimum Gasteiger partial charge on any atom is -0.481 e. The van der Waals surface area contributed by atoms with E-state index in [1.807, 2.05) is 19.9 Å². The average molecular weight is 314 g/mol. The number of aliphatic carboxylic acids is 1. The Morgan fingerprint density at radius 2 is 2.00 bits per heavy atom. The van der Waals surface area contributed by atoms with E-state index < -0.39 is 5.97 Å². The highest BCUT2D eigenvalue weighted by molar-refractivity contribution is 9.11. The lowest BCUT2D eigenvalue weighted by Crippen LogP contribution is -2.02. The van der Waals surface area contributed by atoms with E-state index in [0.29, 0.717) is 4.48 Å². The maximum absolute atomic E-state index is 10.9. The van der Waals surface area contributed by atoms with Gasteiger partial charge in [-0.1, -0.05) is 59.1 Å². The Bertz CT molecular complexity index is 343. The smallest absolute Gasteiger partial charge is 0.307 e. The summed E-state index contributed by atoms with van der Waals surface area (Å²) in [4.78, 5) is 10.9. The number of rotatable bonds is 3. The third kappa shape index (κ3) is 2.99. The van der Waals surface area contributed by atoms with Crippen LogP contribution in [0.15, 0.2) is 21.1 Å². The molecule has 1 fully saturated rings. The molecule has 5 heteroatoms. The summed E-state index contributed by atoms with van der Waals surface area (Å²) >= 11 is 14.2. The molecule has 0 radical (unpaired) electrons. The summed E-state index contributed by atoms with van der Waals surface area (Å²) in [7, 11) is 0.